The first-order chi connectivity index (χ1) is 8.26. The van der Waals surface area contributed by atoms with Gasteiger partial charge in [0.05, 0.1) is 6.10 Å². The monoisotopic (exact) mass is 240 g/mol. The lowest BCUT2D eigenvalue weighted by atomic mass is 9.85. The fraction of sp³-hybridized carbons (Fsp3) is 0.933. The minimum absolute atomic E-state index is 0.361. The van der Waals surface area contributed by atoms with Crippen LogP contribution >= 0.6 is 0 Å². The van der Waals surface area contributed by atoms with Gasteiger partial charge in [-0.3, -0.25) is 4.79 Å². The van der Waals surface area contributed by atoms with Gasteiger partial charge in [0.1, 0.15) is 5.78 Å². The number of hydrogen-bond donors (Lipinski definition) is 0. The van der Waals surface area contributed by atoms with Gasteiger partial charge in [-0.25, -0.2) is 0 Å². The largest absolute Gasteiger partial charge is 0.378 e. The third-order valence-corrected chi connectivity index (χ3v) is 3.84. The van der Waals surface area contributed by atoms with Crippen LogP contribution in [0.2, 0.25) is 0 Å². The van der Waals surface area contributed by atoms with Crippen LogP contribution in [0.4, 0.5) is 0 Å². The summed E-state index contributed by atoms with van der Waals surface area (Å²) in [6.45, 7) is 4.97. The van der Waals surface area contributed by atoms with Gasteiger partial charge in [-0.05, 0) is 38.0 Å². The Balaban J connectivity index is 2.00. The van der Waals surface area contributed by atoms with Gasteiger partial charge in [-0.15, -0.1) is 0 Å². The zero-order valence-corrected chi connectivity index (χ0v) is 11.5. The third kappa shape index (κ3) is 6.21. The van der Waals surface area contributed by atoms with Crippen LogP contribution in [0, 0.1) is 5.92 Å². The van der Waals surface area contributed by atoms with E-state index in [-0.39, 0.29) is 0 Å². The molecule has 1 rings (SSSR count). The Morgan fingerprint density at radius 3 is 2.47 bits per heavy atom. The van der Waals surface area contributed by atoms with Crippen LogP contribution < -0.4 is 0 Å². The summed E-state index contributed by atoms with van der Waals surface area (Å²) < 4.78 is 5.85. The number of ketones is 1. The molecule has 0 aromatic heterocycles. The van der Waals surface area contributed by atoms with E-state index in [1.54, 1.807) is 0 Å². The van der Waals surface area contributed by atoms with Crippen molar-refractivity contribution in [1.82, 2.24) is 0 Å². The summed E-state index contributed by atoms with van der Waals surface area (Å²) in [5.74, 6) is 1.31. The van der Waals surface area contributed by atoms with Gasteiger partial charge in [0.15, 0.2) is 0 Å². The summed E-state index contributed by atoms with van der Waals surface area (Å²) in [5.41, 5.74) is 0. The predicted octanol–water partition coefficient (Wildman–Crippen LogP) is 4.12. The highest BCUT2D eigenvalue weighted by atomic mass is 16.5. The zero-order valence-electron chi connectivity index (χ0n) is 11.5. The highest BCUT2D eigenvalue weighted by Gasteiger charge is 2.20. The van der Waals surface area contributed by atoms with Gasteiger partial charge in [0.25, 0.3) is 0 Å². The molecule has 0 saturated heterocycles. The maximum absolute atomic E-state index is 11.1. The molecule has 1 aliphatic carbocycles. The summed E-state index contributed by atoms with van der Waals surface area (Å²) in [7, 11) is 0. The molecule has 1 aliphatic rings. The van der Waals surface area contributed by atoms with Gasteiger partial charge in [-0.1, -0.05) is 26.7 Å². The first-order valence-electron chi connectivity index (χ1n) is 7.39. The molecule has 0 heterocycles. The lowest BCUT2D eigenvalue weighted by molar-refractivity contribution is -0.119. The Morgan fingerprint density at radius 2 is 1.88 bits per heavy atom. The standard InChI is InChI=1S/C15H28O2/c1-3-6-13-8-10-15(11-9-13)17-12-5-7-14(16)4-2/h13,15H,3-12H2,1-2H3. The topological polar surface area (TPSA) is 26.3 Å². The Hall–Kier alpha value is -0.370. The second kappa shape index (κ2) is 8.68. The molecular formula is C15H28O2. The van der Waals surface area contributed by atoms with Crippen molar-refractivity contribution in [3.63, 3.8) is 0 Å². The maximum atomic E-state index is 11.1. The van der Waals surface area contributed by atoms with Crippen molar-refractivity contribution in [3.05, 3.63) is 0 Å². The average Bonchev–Trinajstić information content (AvgIpc) is 2.36. The second-order valence-electron chi connectivity index (χ2n) is 5.30. The second-order valence-corrected chi connectivity index (χ2v) is 5.30. The van der Waals surface area contributed by atoms with Crippen molar-refractivity contribution in [1.29, 1.82) is 0 Å². The Labute approximate surface area is 106 Å². The number of hydrogen-bond acceptors (Lipinski definition) is 2. The van der Waals surface area contributed by atoms with E-state index >= 15 is 0 Å². The van der Waals surface area contributed by atoms with Crippen molar-refractivity contribution in [3.8, 4) is 0 Å². The van der Waals surface area contributed by atoms with Gasteiger partial charge in [-0.2, -0.15) is 0 Å². The lowest BCUT2D eigenvalue weighted by Crippen LogP contribution is -2.22. The SMILES string of the molecule is CCCC1CCC(OCCCC(=O)CC)CC1. The zero-order chi connectivity index (χ0) is 12.5. The van der Waals surface area contributed by atoms with Gasteiger partial charge in [0, 0.05) is 19.4 Å². The van der Waals surface area contributed by atoms with Crippen LogP contribution in [-0.2, 0) is 9.53 Å². The van der Waals surface area contributed by atoms with E-state index in [4.69, 9.17) is 4.74 Å². The molecule has 1 saturated carbocycles. The first-order valence-corrected chi connectivity index (χ1v) is 7.39. The molecule has 0 bridgehead atoms. The van der Waals surface area contributed by atoms with Crippen LogP contribution in [0.25, 0.3) is 0 Å². The molecule has 0 aliphatic heterocycles. The summed E-state index contributed by atoms with van der Waals surface area (Å²) in [6.07, 6.45) is 10.6. The van der Waals surface area contributed by atoms with Crippen LogP contribution in [0.5, 0.6) is 0 Å². The fourth-order valence-corrected chi connectivity index (χ4v) is 2.69. The molecule has 0 atom stereocenters. The molecule has 0 unspecified atom stereocenters. The minimum atomic E-state index is 0.361. The van der Waals surface area contributed by atoms with Gasteiger partial charge < -0.3 is 4.74 Å². The summed E-state index contributed by atoms with van der Waals surface area (Å²) in [5, 5.41) is 0. The molecule has 0 spiro atoms. The quantitative estimate of drug-likeness (QED) is 0.596. The third-order valence-electron chi connectivity index (χ3n) is 3.84. The van der Waals surface area contributed by atoms with E-state index < -0.39 is 0 Å². The van der Waals surface area contributed by atoms with Crippen LogP contribution in [0.3, 0.4) is 0 Å². The highest BCUT2D eigenvalue weighted by Crippen LogP contribution is 2.29. The number of carbonyl (C=O) groups excluding carboxylic acids is 1. The number of carbonyl (C=O) groups is 1. The maximum Gasteiger partial charge on any atom is 0.132 e. The molecule has 0 radical (unpaired) electrons. The van der Waals surface area contributed by atoms with E-state index in [2.05, 4.69) is 6.92 Å². The molecule has 0 N–H and O–H groups in total. The number of rotatable bonds is 8. The molecule has 0 aromatic rings. The van der Waals surface area contributed by atoms with E-state index in [1.807, 2.05) is 6.92 Å². The Morgan fingerprint density at radius 1 is 1.18 bits per heavy atom. The summed E-state index contributed by atoms with van der Waals surface area (Å²) in [6, 6.07) is 0. The van der Waals surface area contributed by atoms with Gasteiger partial charge in [0.2, 0.25) is 0 Å². The van der Waals surface area contributed by atoms with Crippen molar-refractivity contribution in [2.24, 2.45) is 5.92 Å². The van der Waals surface area contributed by atoms with Gasteiger partial charge >= 0.3 is 0 Å². The molecule has 100 valence electrons. The van der Waals surface area contributed by atoms with Crippen LogP contribution in [0.1, 0.15) is 71.6 Å². The Bertz CT molecular complexity index is 205. The van der Waals surface area contributed by atoms with Crippen molar-refractivity contribution >= 4 is 5.78 Å². The van der Waals surface area contributed by atoms with Crippen molar-refractivity contribution < 1.29 is 9.53 Å². The summed E-state index contributed by atoms with van der Waals surface area (Å²) >= 11 is 0. The molecule has 0 amide bonds. The number of Topliss-reactive ketones (excluding diaryl/α,β-unsaturated/α-hetero) is 1. The highest BCUT2D eigenvalue weighted by molar-refractivity contribution is 5.77. The molecule has 2 nitrogen and oxygen atoms in total. The normalized spacial score (nSPS) is 24.8. The number of ether oxygens (including phenoxy) is 1. The Kier molecular flexibility index (Phi) is 7.50. The van der Waals surface area contributed by atoms with Crippen molar-refractivity contribution in [2.75, 3.05) is 6.61 Å². The summed E-state index contributed by atoms with van der Waals surface area (Å²) in [4.78, 5) is 11.1. The smallest absolute Gasteiger partial charge is 0.132 e. The van der Waals surface area contributed by atoms with Crippen molar-refractivity contribution in [2.45, 2.75) is 77.7 Å². The minimum Gasteiger partial charge on any atom is -0.378 e. The molecule has 1 fully saturated rings. The van der Waals surface area contributed by atoms with E-state index in [1.165, 1.54) is 38.5 Å². The molecule has 17 heavy (non-hydrogen) atoms. The van der Waals surface area contributed by atoms with Crippen LogP contribution in [-0.4, -0.2) is 18.5 Å². The van der Waals surface area contributed by atoms with E-state index in [9.17, 15) is 4.79 Å². The molecular weight excluding hydrogens is 212 g/mol. The van der Waals surface area contributed by atoms with E-state index in [0.717, 1.165) is 18.9 Å². The van der Waals surface area contributed by atoms with Crippen LogP contribution in [0.15, 0.2) is 0 Å². The molecule has 2 heteroatoms. The fourth-order valence-electron chi connectivity index (χ4n) is 2.69. The lowest BCUT2D eigenvalue weighted by Gasteiger charge is -2.28. The first kappa shape index (κ1) is 14.7. The average molecular weight is 240 g/mol. The molecule has 0 aromatic carbocycles. The predicted molar refractivity (Wildman–Crippen MR) is 71.1 cm³/mol. The van der Waals surface area contributed by atoms with E-state index in [0.29, 0.717) is 24.7 Å².